The van der Waals surface area contributed by atoms with E-state index in [1.54, 1.807) is 7.11 Å². The van der Waals surface area contributed by atoms with Gasteiger partial charge in [0.2, 0.25) is 0 Å². The maximum Gasteiger partial charge on any atom is 0.119 e. The zero-order valence-corrected chi connectivity index (χ0v) is 13.1. The van der Waals surface area contributed by atoms with Crippen LogP contribution >= 0.6 is 15.9 Å². The Bertz CT molecular complexity index is 337. The van der Waals surface area contributed by atoms with Gasteiger partial charge in [0.15, 0.2) is 0 Å². The van der Waals surface area contributed by atoms with Gasteiger partial charge in [-0.2, -0.15) is 0 Å². The minimum Gasteiger partial charge on any atom is -0.497 e. The third kappa shape index (κ3) is 4.89. The fourth-order valence-electron chi connectivity index (χ4n) is 1.95. The Hall–Kier alpha value is -0.700. The number of methoxy groups -OCH3 is 1. The van der Waals surface area contributed by atoms with Crippen LogP contribution in [0.25, 0.3) is 0 Å². The predicted octanol–water partition coefficient (Wildman–Crippen LogP) is 4.67. The van der Waals surface area contributed by atoms with Crippen molar-refractivity contribution in [1.29, 1.82) is 0 Å². The second-order valence-corrected chi connectivity index (χ2v) is 5.53. The molecule has 2 nitrogen and oxygen atoms in total. The molecule has 1 aromatic rings. The number of hydrogen-bond acceptors (Lipinski definition) is 2. The van der Waals surface area contributed by atoms with Crippen molar-refractivity contribution in [3.8, 4) is 11.5 Å². The highest BCUT2D eigenvalue weighted by atomic mass is 79.9. The summed E-state index contributed by atoms with van der Waals surface area (Å²) in [5, 5.41) is 1.03. The predicted molar refractivity (Wildman–Crippen MR) is 79.9 cm³/mol. The molecule has 1 unspecified atom stereocenters. The van der Waals surface area contributed by atoms with Crippen molar-refractivity contribution >= 4 is 15.9 Å². The summed E-state index contributed by atoms with van der Waals surface area (Å²) in [5.41, 5.74) is 0.335. The van der Waals surface area contributed by atoms with E-state index in [1.807, 2.05) is 24.3 Å². The van der Waals surface area contributed by atoms with Crippen LogP contribution in [0.2, 0.25) is 0 Å². The number of rotatable bonds is 8. The quantitative estimate of drug-likeness (QED) is 0.649. The van der Waals surface area contributed by atoms with Crippen molar-refractivity contribution in [3.63, 3.8) is 0 Å². The molecule has 0 N–H and O–H groups in total. The second kappa shape index (κ2) is 7.67. The number of benzene rings is 1. The fourth-order valence-corrected chi connectivity index (χ4v) is 2.51. The standard InChI is InChI=1S/C15H23BrO2/c1-4-9-15(2,12-16)10-11-18-14-7-5-13(17-3)6-8-14/h5-8H,4,9-12H2,1-3H3. The van der Waals surface area contributed by atoms with Gasteiger partial charge in [-0.05, 0) is 42.5 Å². The van der Waals surface area contributed by atoms with Crippen molar-refractivity contribution in [2.24, 2.45) is 5.41 Å². The maximum atomic E-state index is 5.77. The Kier molecular flexibility index (Phi) is 6.55. The smallest absolute Gasteiger partial charge is 0.119 e. The second-order valence-electron chi connectivity index (χ2n) is 4.97. The maximum absolute atomic E-state index is 5.77. The summed E-state index contributed by atoms with van der Waals surface area (Å²) in [6.07, 6.45) is 3.51. The molecule has 0 aliphatic heterocycles. The molecule has 18 heavy (non-hydrogen) atoms. The average Bonchev–Trinajstić information content (AvgIpc) is 2.40. The van der Waals surface area contributed by atoms with Crippen LogP contribution in [0.4, 0.5) is 0 Å². The monoisotopic (exact) mass is 314 g/mol. The third-order valence-corrected chi connectivity index (χ3v) is 4.56. The van der Waals surface area contributed by atoms with Crippen LogP contribution in [-0.2, 0) is 0 Å². The Morgan fingerprint density at radius 1 is 1.11 bits per heavy atom. The molecule has 0 heterocycles. The minimum absolute atomic E-state index is 0.335. The van der Waals surface area contributed by atoms with E-state index in [1.165, 1.54) is 12.8 Å². The lowest BCUT2D eigenvalue weighted by Crippen LogP contribution is -2.21. The van der Waals surface area contributed by atoms with E-state index < -0.39 is 0 Å². The first-order chi connectivity index (χ1) is 8.63. The molecular formula is C15H23BrO2. The first-order valence-electron chi connectivity index (χ1n) is 6.46. The SMILES string of the molecule is CCCC(C)(CBr)CCOc1ccc(OC)cc1. The lowest BCUT2D eigenvalue weighted by Gasteiger charge is -2.26. The zero-order chi connectivity index (χ0) is 13.4. The molecule has 1 aromatic carbocycles. The van der Waals surface area contributed by atoms with Crippen LogP contribution in [0.5, 0.6) is 11.5 Å². The van der Waals surface area contributed by atoms with Crippen molar-refractivity contribution < 1.29 is 9.47 Å². The van der Waals surface area contributed by atoms with Crippen LogP contribution in [-0.4, -0.2) is 19.0 Å². The van der Waals surface area contributed by atoms with Crippen LogP contribution in [0, 0.1) is 5.41 Å². The molecule has 0 saturated carbocycles. The molecule has 1 rings (SSSR count). The van der Waals surface area contributed by atoms with Gasteiger partial charge in [0.1, 0.15) is 11.5 Å². The van der Waals surface area contributed by atoms with E-state index in [-0.39, 0.29) is 0 Å². The topological polar surface area (TPSA) is 18.5 Å². The Balaban J connectivity index is 2.40. The van der Waals surface area contributed by atoms with Crippen LogP contribution < -0.4 is 9.47 Å². The summed E-state index contributed by atoms with van der Waals surface area (Å²) in [4.78, 5) is 0. The van der Waals surface area contributed by atoms with Gasteiger partial charge in [-0.3, -0.25) is 0 Å². The fraction of sp³-hybridized carbons (Fsp3) is 0.600. The molecular weight excluding hydrogens is 292 g/mol. The van der Waals surface area contributed by atoms with Crippen LogP contribution in [0.3, 0.4) is 0 Å². The average molecular weight is 315 g/mol. The highest BCUT2D eigenvalue weighted by Crippen LogP contribution is 2.30. The van der Waals surface area contributed by atoms with Crippen LogP contribution in [0.15, 0.2) is 24.3 Å². The normalized spacial score (nSPS) is 14.0. The van der Waals surface area contributed by atoms with E-state index in [2.05, 4.69) is 29.8 Å². The van der Waals surface area contributed by atoms with Gasteiger partial charge in [-0.25, -0.2) is 0 Å². The summed E-state index contributed by atoms with van der Waals surface area (Å²) in [6.45, 7) is 5.29. The van der Waals surface area contributed by atoms with Crippen molar-refractivity contribution in [1.82, 2.24) is 0 Å². The molecule has 3 heteroatoms. The molecule has 0 radical (unpaired) electrons. The van der Waals surface area contributed by atoms with Gasteiger partial charge in [0, 0.05) is 5.33 Å². The van der Waals surface area contributed by atoms with Gasteiger partial charge in [-0.1, -0.05) is 36.2 Å². The molecule has 102 valence electrons. The van der Waals surface area contributed by atoms with Gasteiger partial charge >= 0.3 is 0 Å². The van der Waals surface area contributed by atoms with E-state index in [0.717, 1.165) is 29.9 Å². The van der Waals surface area contributed by atoms with Gasteiger partial charge in [0.05, 0.1) is 13.7 Å². The zero-order valence-electron chi connectivity index (χ0n) is 11.5. The summed E-state index contributed by atoms with van der Waals surface area (Å²) in [5.74, 6) is 1.77. The van der Waals surface area contributed by atoms with Gasteiger partial charge < -0.3 is 9.47 Å². The first-order valence-corrected chi connectivity index (χ1v) is 7.58. The molecule has 0 amide bonds. The number of hydrogen-bond donors (Lipinski definition) is 0. The van der Waals surface area contributed by atoms with Crippen LogP contribution in [0.1, 0.15) is 33.1 Å². The van der Waals surface area contributed by atoms with Gasteiger partial charge in [0.25, 0.3) is 0 Å². The number of halogens is 1. The summed E-state index contributed by atoms with van der Waals surface area (Å²) in [6, 6.07) is 7.74. The third-order valence-electron chi connectivity index (χ3n) is 3.21. The molecule has 0 fully saturated rings. The molecule has 0 spiro atoms. The number of alkyl halides is 1. The Labute approximate surface area is 119 Å². The molecule has 0 bridgehead atoms. The summed E-state index contributed by atoms with van der Waals surface area (Å²) < 4.78 is 10.9. The highest BCUT2D eigenvalue weighted by Gasteiger charge is 2.21. The van der Waals surface area contributed by atoms with Crippen molar-refractivity contribution in [2.75, 3.05) is 19.0 Å². The lowest BCUT2D eigenvalue weighted by molar-refractivity contribution is 0.221. The molecule has 0 aromatic heterocycles. The Morgan fingerprint density at radius 3 is 2.22 bits per heavy atom. The molecule has 0 saturated heterocycles. The van der Waals surface area contributed by atoms with Crippen molar-refractivity contribution in [2.45, 2.75) is 33.1 Å². The Morgan fingerprint density at radius 2 is 1.72 bits per heavy atom. The number of ether oxygens (including phenoxy) is 2. The summed E-state index contributed by atoms with van der Waals surface area (Å²) in [7, 11) is 1.67. The largest absolute Gasteiger partial charge is 0.497 e. The summed E-state index contributed by atoms with van der Waals surface area (Å²) >= 11 is 3.61. The van der Waals surface area contributed by atoms with Gasteiger partial charge in [-0.15, -0.1) is 0 Å². The molecule has 0 aliphatic rings. The van der Waals surface area contributed by atoms with E-state index in [0.29, 0.717) is 5.41 Å². The molecule has 1 atom stereocenters. The van der Waals surface area contributed by atoms with E-state index in [4.69, 9.17) is 9.47 Å². The van der Waals surface area contributed by atoms with E-state index in [9.17, 15) is 0 Å². The lowest BCUT2D eigenvalue weighted by atomic mass is 9.85. The first kappa shape index (κ1) is 15.4. The molecule has 0 aliphatic carbocycles. The minimum atomic E-state index is 0.335. The highest BCUT2D eigenvalue weighted by molar-refractivity contribution is 9.09. The van der Waals surface area contributed by atoms with E-state index >= 15 is 0 Å². The van der Waals surface area contributed by atoms with Crippen molar-refractivity contribution in [3.05, 3.63) is 24.3 Å².